The first-order valence-electron chi connectivity index (χ1n) is 6.13. The lowest BCUT2D eigenvalue weighted by Crippen LogP contribution is -2.15. The van der Waals surface area contributed by atoms with Crippen LogP contribution < -0.4 is 10.1 Å². The fourth-order valence-electron chi connectivity index (χ4n) is 2.30. The highest BCUT2D eigenvalue weighted by Crippen LogP contribution is 2.32. The molecule has 3 rings (SSSR count). The number of hydrogen-bond donors (Lipinski definition) is 1. The van der Waals surface area contributed by atoms with Crippen molar-refractivity contribution in [1.29, 1.82) is 5.26 Å². The van der Waals surface area contributed by atoms with Crippen molar-refractivity contribution in [2.24, 2.45) is 5.92 Å². The number of hydrogen-bond acceptors (Lipinski definition) is 4. The van der Waals surface area contributed by atoms with Crippen molar-refractivity contribution >= 4 is 11.0 Å². The van der Waals surface area contributed by atoms with E-state index in [0.717, 1.165) is 24.9 Å². The zero-order valence-electron chi connectivity index (χ0n) is 9.98. The number of nitriles is 1. The molecule has 2 aromatic rings. The molecule has 1 unspecified atom stereocenters. The molecular weight excluding hydrogens is 228 g/mol. The molecule has 1 aliphatic heterocycles. The van der Waals surface area contributed by atoms with E-state index in [1.54, 1.807) is 0 Å². The van der Waals surface area contributed by atoms with E-state index in [-0.39, 0.29) is 5.76 Å². The van der Waals surface area contributed by atoms with Gasteiger partial charge in [-0.25, -0.2) is 0 Å². The van der Waals surface area contributed by atoms with Crippen LogP contribution >= 0.6 is 0 Å². The van der Waals surface area contributed by atoms with Gasteiger partial charge < -0.3 is 14.5 Å². The summed E-state index contributed by atoms with van der Waals surface area (Å²) < 4.78 is 11.3. The van der Waals surface area contributed by atoms with Gasteiger partial charge in [0.1, 0.15) is 11.7 Å². The first-order valence-corrected chi connectivity index (χ1v) is 6.13. The number of ether oxygens (including phenoxy) is 1. The van der Waals surface area contributed by atoms with Crippen LogP contribution in [0.15, 0.2) is 28.7 Å². The quantitative estimate of drug-likeness (QED) is 0.897. The molecule has 18 heavy (non-hydrogen) atoms. The van der Waals surface area contributed by atoms with Gasteiger partial charge in [-0.3, -0.25) is 0 Å². The molecule has 0 spiro atoms. The van der Waals surface area contributed by atoms with Gasteiger partial charge in [0, 0.05) is 12.5 Å². The summed E-state index contributed by atoms with van der Waals surface area (Å²) in [4.78, 5) is 0. The smallest absolute Gasteiger partial charge is 0.246 e. The van der Waals surface area contributed by atoms with Crippen LogP contribution in [0.5, 0.6) is 5.75 Å². The summed E-state index contributed by atoms with van der Waals surface area (Å²) in [6.45, 7) is 2.66. The van der Waals surface area contributed by atoms with E-state index >= 15 is 0 Å². The highest BCUT2D eigenvalue weighted by Gasteiger charge is 2.19. The summed E-state index contributed by atoms with van der Waals surface area (Å²) in [7, 11) is 0. The second-order valence-corrected chi connectivity index (χ2v) is 4.54. The Bertz CT molecular complexity index is 591. The third-order valence-corrected chi connectivity index (χ3v) is 3.28. The van der Waals surface area contributed by atoms with Crippen LogP contribution in [0.3, 0.4) is 0 Å². The van der Waals surface area contributed by atoms with E-state index in [2.05, 4.69) is 11.4 Å². The van der Waals surface area contributed by atoms with E-state index in [9.17, 15) is 0 Å². The van der Waals surface area contributed by atoms with Crippen LogP contribution in [0.2, 0.25) is 0 Å². The average Bonchev–Trinajstić information content (AvgIpc) is 3.03. The van der Waals surface area contributed by atoms with Gasteiger partial charge in [0.25, 0.3) is 0 Å². The lowest BCUT2D eigenvalue weighted by molar-refractivity contribution is 0.259. The lowest BCUT2D eigenvalue weighted by atomic mass is 10.1. The molecule has 1 aromatic heterocycles. The zero-order valence-corrected chi connectivity index (χ0v) is 9.98. The molecule has 0 amide bonds. The maximum Gasteiger partial charge on any atom is 0.246 e. The van der Waals surface area contributed by atoms with E-state index < -0.39 is 0 Å². The minimum Gasteiger partial charge on any atom is -0.488 e. The predicted molar refractivity (Wildman–Crippen MR) is 67.4 cm³/mol. The molecule has 0 saturated carbocycles. The third kappa shape index (κ3) is 1.93. The van der Waals surface area contributed by atoms with Crippen LogP contribution in [0.4, 0.5) is 0 Å². The molecule has 1 fully saturated rings. The van der Waals surface area contributed by atoms with Gasteiger partial charge in [0.2, 0.25) is 5.76 Å². The number of benzene rings is 1. The van der Waals surface area contributed by atoms with Crippen molar-refractivity contribution in [2.45, 2.75) is 6.42 Å². The maximum atomic E-state index is 9.08. The highest BCUT2D eigenvalue weighted by atomic mass is 16.5. The summed E-state index contributed by atoms with van der Waals surface area (Å²) >= 11 is 0. The molecule has 4 nitrogen and oxygen atoms in total. The van der Waals surface area contributed by atoms with Crippen molar-refractivity contribution in [3.05, 3.63) is 30.0 Å². The Morgan fingerprint density at radius 2 is 2.33 bits per heavy atom. The zero-order chi connectivity index (χ0) is 12.4. The number of nitrogens with one attached hydrogen (secondary N) is 1. The van der Waals surface area contributed by atoms with Crippen molar-refractivity contribution in [1.82, 2.24) is 5.32 Å². The van der Waals surface area contributed by atoms with Crippen LogP contribution in [0.25, 0.3) is 11.0 Å². The monoisotopic (exact) mass is 242 g/mol. The summed E-state index contributed by atoms with van der Waals surface area (Å²) in [6.07, 6.45) is 1.12. The summed E-state index contributed by atoms with van der Waals surface area (Å²) in [5.41, 5.74) is 0.702. The Morgan fingerprint density at radius 3 is 3.11 bits per heavy atom. The van der Waals surface area contributed by atoms with Gasteiger partial charge in [-0.15, -0.1) is 0 Å². The topological polar surface area (TPSA) is 58.2 Å². The van der Waals surface area contributed by atoms with Crippen LogP contribution in [0.1, 0.15) is 12.2 Å². The normalized spacial score (nSPS) is 18.9. The number of nitrogens with zero attached hydrogens (tertiary/aromatic N) is 1. The molecule has 2 heterocycles. The number of rotatable bonds is 3. The van der Waals surface area contributed by atoms with Crippen LogP contribution in [-0.4, -0.2) is 19.7 Å². The molecule has 1 atom stereocenters. The molecule has 0 radical (unpaired) electrons. The molecule has 4 heteroatoms. The Hall–Kier alpha value is -1.99. The number of fused-ring (bicyclic) bond motifs is 1. The Labute approximate surface area is 105 Å². The first-order chi connectivity index (χ1) is 8.88. The molecule has 1 N–H and O–H groups in total. The fraction of sp³-hybridized carbons (Fsp3) is 0.357. The summed E-state index contributed by atoms with van der Waals surface area (Å²) in [5, 5.41) is 13.3. The minimum absolute atomic E-state index is 0.266. The average molecular weight is 242 g/mol. The largest absolute Gasteiger partial charge is 0.488 e. The number of furan rings is 1. The van der Waals surface area contributed by atoms with E-state index in [4.69, 9.17) is 14.4 Å². The van der Waals surface area contributed by atoms with Crippen LogP contribution in [-0.2, 0) is 0 Å². The Kier molecular flexibility index (Phi) is 2.91. The minimum atomic E-state index is 0.266. The Balaban J connectivity index is 1.87. The van der Waals surface area contributed by atoms with Gasteiger partial charge in [0.05, 0.1) is 12.0 Å². The summed E-state index contributed by atoms with van der Waals surface area (Å²) in [6, 6.07) is 9.63. The Morgan fingerprint density at radius 1 is 1.44 bits per heavy atom. The van der Waals surface area contributed by atoms with Crippen LogP contribution in [0, 0.1) is 17.2 Å². The SMILES string of the molecule is N#Cc1oc2ccccc2c1OCC1CCNC1. The highest BCUT2D eigenvalue weighted by molar-refractivity contribution is 5.86. The maximum absolute atomic E-state index is 9.08. The van der Waals surface area contributed by atoms with E-state index in [1.165, 1.54) is 0 Å². The number of para-hydroxylation sites is 1. The first kappa shape index (κ1) is 11.1. The van der Waals surface area contributed by atoms with Gasteiger partial charge in [-0.2, -0.15) is 5.26 Å². The second kappa shape index (κ2) is 4.71. The standard InChI is InChI=1S/C14H14N2O2/c15-7-13-14(17-9-10-5-6-16-8-10)11-3-1-2-4-12(11)18-13/h1-4,10,16H,5-6,8-9H2. The predicted octanol–water partition coefficient (Wildman–Crippen LogP) is 2.29. The molecule has 1 saturated heterocycles. The lowest BCUT2D eigenvalue weighted by Gasteiger charge is -2.09. The van der Waals surface area contributed by atoms with Crippen molar-refractivity contribution in [3.63, 3.8) is 0 Å². The van der Waals surface area contributed by atoms with E-state index in [1.807, 2.05) is 24.3 Å². The fourth-order valence-corrected chi connectivity index (χ4v) is 2.30. The second-order valence-electron chi connectivity index (χ2n) is 4.54. The van der Waals surface area contributed by atoms with Gasteiger partial charge in [0.15, 0.2) is 5.75 Å². The van der Waals surface area contributed by atoms with Gasteiger partial charge >= 0.3 is 0 Å². The third-order valence-electron chi connectivity index (χ3n) is 3.28. The summed E-state index contributed by atoms with van der Waals surface area (Å²) in [5.74, 6) is 1.37. The van der Waals surface area contributed by atoms with Crippen molar-refractivity contribution in [3.8, 4) is 11.8 Å². The molecular formula is C14H14N2O2. The molecule has 1 aromatic carbocycles. The van der Waals surface area contributed by atoms with Crippen molar-refractivity contribution < 1.29 is 9.15 Å². The molecule has 0 bridgehead atoms. The molecule has 92 valence electrons. The van der Waals surface area contributed by atoms with Gasteiger partial charge in [-0.05, 0) is 25.1 Å². The molecule has 0 aliphatic carbocycles. The van der Waals surface area contributed by atoms with E-state index in [0.29, 0.717) is 23.9 Å². The van der Waals surface area contributed by atoms with Gasteiger partial charge in [-0.1, -0.05) is 12.1 Å². The molecule has 1 aliphatic rings. The van der Waals surface area contributed by atoms with Crippen molar-refractivity contribution in [2.75, 3.05) is 19.7 Å².